The number of hydrogen-bond donors (Lipinski definition) is 3. The van der Waals surface area contributed by atoms with Crippen molar-refractivity contribution in [2.45, 2.75) is 56.6 Å². The molecule has 4 aliphatic carbocycles. The van der Waals surface area contributed by atoms with Gasteiger partial charge in [0.2, 0.25) is 0 Å². The third kappa shape index (κ3) is 5.00. The molecule has 33 heavy (non-hydrogen) atoms. The van der Waals surface area contributed by atoms with Gasteiger partial charge in [-0.2, -0.15) is 0 Å². The van der Waals surface area contributed by atoms with Crippen molar-refractivity contribution in [2.75, 3.05) is 6.54 Å². The first kappa shape index (κ1) is 21.8. The first-order chi connectivity index (χ1) is 16.0. The van der Waals surface area contributed by atoms with Crippen molar-refractivity contribution in [3.8, 4) is 5.75 Å². The summed E-state index contributed by atoms with van der Waals surface area (Å²) in [4.78, 5) is 23.9. The van der Waals surface area contributed by atoms with E-state index in [4.69, 9.17) is 9.84 Å². The second-order valence-corrected chi connectivity index (χ2v) is 10.2. The number of benzene rings is 2. The highest BCUT2D eigenvalue weighted by Crippen LogP contribution is 2.55. The summed E-state index contributed by atoms with van der Waals surface area (Å²) < 4.78 is 6.19. The van der Waals surface area contributed by atoms with Crippen LogP contribution in [0.25, 0.3) is 0 Å². The highest BCUT2D eigenvalue weighted by atomic mass is 16.5. The Bertz CT molecular complexity index is 954. The molecule has 0 heterocycles. The molecule has 6 heteroatoms. The van der Waals surface area contributed by atoms with Crippen molar-refractivity contribution < 1.29 is 19.4 Å². The lowest BCUT2D eigenvalue weighted by atomic mass is 9.53. The SMILES string of the molecule is O=C(NCC[C@@H](Oc1ccc(C(=O)O)cc1)c1ccccc1)NC12CC3CC(CC(C3)C1)C2. The van der Waals surface area contributed by atoms with Gasteiger partial charge in [-0.1, -0.05) is 30.3 Å². The zero-order valence-electron chi connectivity index (χ0n) is 18.8. The summed E-state index contributed by atoms with van der Waals surface area (Å²) in [5.74, 6) is 2.02. The zero-order chi connectivity index (χ0) is 22.8. The molecule has 2 aromatic rings. The van der Waals surface area contributed by atoms with E-state index < -0.39 is 5.97 Å². The van der Waals surface area contributed by atoms with E-state index in [2.05, 4.69) is 10.6 Å². The smallest absolute Gasteiger partial charge is 0.335 e. The van der Waals surface area contributed by atoms with Crippen LogP contribution in [0.2, 0.25) is 0 Å². The van der Waals surface area contributed by atoms with Gasteiger partial charge in [0.15, 0.2) is 0 Å². The molecule has 0 radical (unpaired) electrons. The largest absolute Gasteiger partial charge is 0.486 e. The minimum Gasteiger partial charge on any atom is -0.486 e. The van der Waals surface area contributed by atoms with Crippen molar-refractivity contribution in [1.29, 1.82) is 0 Å². The molecule has 0 spiro atoms. The van der Waals surface area contributed by atoms with Gasteiger partial charge in [-0.3, -0.25) is 0 Å². The Morgan fingerprint density at radius 1 is 0.939 bits per heavy atom. The number of carbonyl (C=O) groups is 2. The van der Waals surface area contributed by atoms with E-state index in [1.165, 1.54) is 31.4 Å². The van der Waals surface area contributed by atoms with Gasteiger partial charge >= 0.3 is 12.0 Å². The van der Waals surface area contributed by atoms with Crippen molar-refractivity contribution in [2.24, 2.45) is 17.8 Å². The van der Waals surface area contributed by atoms with Gasteiger partial charge < -0.3 is 20.5 Å². The number of carbonyl (C=O) groups excluding carboxylic acids is 1. The van der Waals surface area contributed by atoms with Crippen molar-refractivity contribution >= 4 is 12.0 Å². The Balaban J connectivity index is 1.18. The molecular formula is C27H32N2O4. The van der Waals surface area contributed by atoms with Gasteiger partial charge in [-0.05, 0) is 86.1 Å². The fraction of sp³-hybridized carbons (Fsp3) is 0.481. The molecule has 0 unspecified atom stereocenters. The Kier molecular flexibility index (Phi) is 6.00. The molecule has 0 aromatic heterocycles. The lowest BCUT2D eigenvalue weighted by Crippen LogP contribution is -2.61. The number of carboxylic acids is 1. The second kappa shape index (κ2) is 9.08. The normalized spacial score (nSPS) is 28.2. The lowest BCUT2D eigenvalue weighted by molar-refractivity contribution is -0.0135. The van der Waals surface area contributed by atoms with Crippen LogP contribution < -0.4 is 15.4 Å². The van der Waals surface area contributed by atoms with E-state index >= 15 is 0 Å². The van der Waals surface area contributed by atoms with Crippen LogP contribution in [0, 0.1) is 17.8 Å². The van der Waals surface area contributed by atoms with E-state index in [1.54, 1.807) is 12.1 Å². The molecule has 3 N–H and O–H groups in total. The molecule has 4 fully saturated rings. The highest BCUT2D eigenvalue weighted by Gasteiger charge is 2.51. The summed E-state index contributed by atoms with van der Waals surface area (Å²) in [6, 6.07) is 16.2. The molecule has 0 aliphatic heterocycles. The number of ether oxygens (including phenoxy) is 1. The number of carboxylic acid groups (broad SMARTS) is 1. The van der Waals surface area contributed by atoms with Gasteiger partial charge in [-0.15, -0.1) is 0 Å². The van der Waals surface area contributed by atoms with E-state index in [-0.39, 0.29) is 23.2 Å². The lowest BCUT2D eigenvalue weighted by Gasteiger charge is -2.56. The number of nitrogens with one attached hydrogen (secondary N) is 2. The van der Waals surface area contributed by atoms with E-state index in [0.717, 1.165) is 42.6 Å². The fourth-order valence-electron chi connectivity index (χ4n) is 6.67. The average Bonchev–Trinajstić information content (AvgIpc) is 2.78. The van der Waals surface area contributed by atoms with Crippen LogP contribution in [0.15, 0.2) is 54.6 Å². The highest BCUT2D eigenvalue weighted by molar-refractivity contribution is 5.87. The predicted molar refractivity (Wildman–Crippen MR) is 125 cm³/mol. The molecule has 0 saturated heterocycles. The summed E-state index contributed by atoms with van der Waals surface area (Å²) in [7, 11) is 0. The second-order valence-electron chi connectivity index (χ2n) is 10.2. The van der Waals surface area contributed by atoms with Crippen LogP contribution in [-0.2, 0) is 0 Å². The summed E-state index contributed by atoms with van der Waals surface area (Å²) in [5.41, 5.74) is 1.24. The van der Waals surface area contributed by atoms with Crippen molar-refractivity contribution in [3.05, 3.63) is 65.7 Å². The summed E-state index contributed by atoms with van der Waals surface area (Å²) >= 11 is 0. The molecule has 4 aliphatic rings. The number of rotatable bonds is 8. The van der Waals surface area contributed by atoms with Gasteiger partial charge in [0, 0.05) is 18.5 Å². The molecule has 174 valence electrons. The minimum atomic E-state index is -0.963. The van der Waals surface area contributed by atoms with Crippen molar-refractivity contribution in [1.82, 2.24) is 10.6 Å². The monoisotopic (exact) mass is 448 g/mol. The standard InChI is InChI=1S/C27H32N2O4/c30-25(31)22-6-8-23(9-7-22)33-24(21-4-2-1-3-5-21)10-11-28-26(32)29-27-15-18-12-19(16-27)14-20(13-18)17-27/h1-9,18-20,24H,10-17H2,(H,30,31)(H2,28,29,32)/t18?,19?,20?,24-,27?/m1/s1. The van der Waals surface area contributed by atoms with Gasteiger partial charge in [0.25, 0.3) is 0 Å². The zero-order valence-corrected chi connectivity index (χ0v) is 18.8. The quantitative estimate of drug-likeness (QED) is 0.520. The molecule has 6 nitrogen and oxygen atoms in total. The molecule has 2 amide bonds. The first-order valence-electron chi connectivity index (χ1n) is 12.1. The van der Waals surface area contributed by atoms with Crippen LogP contribution in [0.4, 0.5) is 4.79 Å². The van der Waals surface area contributed by atoms with Crippen molar-refractivity contribution in [3.63, 3.8) is 0 Å². The number of urea groups is 1. The van der Waals surface area contributed by atoms with Crippen LogP contribution in [-0.4, -0.2) is 29.2 Å². The Morgan fingerprint density at radius 2 is 1.55 bits per heavy atom. The molecular weight excluding hydrogens is 416 g/mol. The third-order valence-electron chi connectivity index (χ3n) is 7.66. The van der Waals surface area contributed by atoms with Gasteiger partial charge in [0.1, 0.15) is 11.9 Å². The topological polar surface area (TPSA) is 87.7 Å². The van der Waals surface area contributed by atoms with Crippen LogP contribution >= 0.6 is 0 Å². The summed E-state index contributed by atoms with van der Waals surface area (Å²) in [5, 5.41) is 15.5. The predicted octanol–water partition coefficient (Wildman–Crippen LogP) is 5.16. The van der Waals surface area contributed by atoms with E-state index in [9.17, 15) is 9.59 Å². The van der Waals surface area contributed by atoms with Crippen LogP contribution in [0.3, 0.4) is 0 Å². The van der Waals surface area contributed by atoms with E-state index in [1.807, 2.05) is 30.3 Å². The number of hydrogen-bond acceptors (Lipinski definition) is 3. The summed E-state index contributed by atoms with van der Waals surface area (Å²) in [6.45, 7) is 0.491. The maximum Gasteiger partial charge on any atom is 0.335 e. The molecule has 1 atom stereocenters. The number of amides is 2. The molecule has 6 rings (SSSR count). The van der Waals surface area contributed by atoms with Crippen LogP contribution in [0.5, 0.6) is 5.75 Å². The fourth-order valence-corrected chi connectivity index (χ4v) is 6.67. The molecule has 2 aromatic carbocycles. The Labute approximate surface area is 194 Å². The minimum absolute atomic E-state index is 0.0000511. The Morgan fingerprint density at radius 3 is 2.12 bits per heavy atom. The number of aromatic carboxylic acids is 1. The molecule has 4 bridgehead atoms. The first-order valence-corrected chi connectivity index (χ1v) is 12.1. The molecule has 4 saturated carbocycles. The summed E-state index contributed by atoms with van der Waals surface area (Å²) in [6.07, 6.45) is 7.82. The average molecular weight is 449 g/mol. The van der Waals surface area contributed by atoms with Crippen LogP contribution in [0.1, 0.15) is 67.0 Å². The van der Waals surface area contributed by atoms with Gasteiger partial charge in [0.05, 0.1) is 5.56 Å². The Hall–Kier alpha value is -3.02. The maximum atomic E-state index is 12.8. The van der Waals surface area contributed by atoms with Gasteiger partial charge in [-0.25, -0.2) is 9.59 Å². The maximum absolute atomic E-state index is 12.8. The van der Waals surface area contributed by atoms with E-state index in [0.29, 0.717) is 18.7 Å². The third-order valence-corrected chi connectivity index (χ3v) is 7.66.